The van der Waals surface area contributed by atoms with Crippen LogP contribution in [0.3, 0.4) is 0 Å². The molecule has 0 saturated carbocycles. The highest BCUT2D eigenvalue weighted by atomic mass is 35.5. The Balaban J connectivity index is 1.91. The summed E-state index contributed by atoms with van der Waals surface area (Å²) < 4.78 is 43.2. The van der Waals surface area contributed by atoms with Crippen molar-refractivity contribution in [1.82, 2.24) is 4.90 Å². The SMILES string of the molecule is FC(F)(F)c1ccc(Cl)c(CCCN2CCOCC2)c1. The highest BCUT2D eigenvalue weighted by Crippen LogP contribution is 2.32. The molecule has 0 radical (unpaired) electrons. The van der Waals surface area contributed by atoms with Crippen LogP contribution in [0.4, 0.5) is 13.2 Å². The number of hydrogen-bond donors (Lipinski definition) is 0. The van der Waals surface area contributed by atoms with Gasteiger partial charge < -0.3 is 4.74 Å². The van der Waals surface area contributed by atoms with E-state index in [1.54, 1.807) is 0 Å². The van der Waals surface area contributed by atoms with Crippen molar-refractivity contribution >= 4 is 11.6 Å². The van der Waals surface area contributed by atoms with Gasteiger partial charge in [-0.05, 0) is 43.1 Å². The number of alkyl halides is 3. The summed E-state index contributed by atoms with van der Waals surface area (Å²) in [6.45, 7) is 4.08. The maximum atomic E-state index is 12.6. The van der Waals surface area contributed by atoms with Gasteiger partial charge in [-0.3, -0.25) is 4.90 Å². The van der Waals surface area contributed by atoms with Gasteiger partial charge in [0.05, 0.1) is 18.8 Å². The normalized spacial score (nSPS) is 17.4. The number of aryl methyl sites for hydroxylation is 1. The van der Waals surface area contributed by atoms with Gasteiger partial charge in [0.2, 0.25) is 0 Å². The molecule has 1 saturated heterocycles. The molecule has 0 N–H and O–H groups in total. The van der Waals surface area contributed by atoms with E-state index in [1.165, 1.54) is 6.07 Å². The molecule has 6 heteroatoms. The van der Waals surface area contributed by atoms with Crippen LogP contribution in [0.1, 0.15) is 17.5 Å². The first-order valence-corrected chi connectivity index (χ1v) is 7.00. The van der Waals surface area contributed by atoms with Crippen molar-refractivity contribution in [2.75, 3.05) is 32.8 Å². The Kier molecular flexibility index (Phi) is 5.29. The summed E-state index contributed by atoms with van der Waals surface area (Å²) in [5.74, 6) is 0. The lowest BCUT2D eigenvalue weighted by Crippen LogP contribution is -2.36. The second-order valence-electron chi connectivity index (χ2n) is 4.86. The molecule has 0 unspecified atom stereocenters. The number of rotatable bonds is 4. The zero-order chi connectivity index (χ0) is 14.6. The lowest BCUT2D eigenvalue weighted by molar-refractivity contribution is -0.137. The third-order valence-electron chi connectivity index (χ3n) is 3.40. The first-order chi connectivity index (χ1) is 9.47. The minimum Gasteiger partial charge on any atom is -0.379 e. The number of hydrogen-bond acceptors (Lipinski definition) is 2. The van der Waals surface area contributed by atoms with Crippen LogP contribution in [-0.2, 0) is 17.3 Å². The zero-order valence-corrected chi connectivity index (χ0v) is 11.8. The highest BCUT2D eigenvalue weighted by molar-refractivity contribution is 6.31. The van der Waals surface area contributed by atoms with Crippen molar-refractivity contribution < 1.29 is 17.9 Å². The van der Waals surface area contributed by atoms with E-state index in [2.05, 4.69) is 4.90 Å². The van der Waals surface area contributed by atoms with E-state index in [1.807, 2.05) is 0 Å². The molecule has 1 heterocycles. The summed E-state index contributed by atoms with van der Waals surface area (Å²) in [5, 5.41) is 0.403. The Labute approximate surface area is 121 Å². The maximum absolute atomic E-state index is 12.6. The lowest BCUT2D eigenvalue weighted by Gasteiger charge is -2.26. The number of halogens is 4. The molecule has 2 nitrogen and oxygen atoms in total. The summed E-state index contributed by atoms with van der Waals surface area (Å²) in [7, 11) is 0. The standard InChI is InChI=1S/C14H17ClF3NO/c15-13-4-3-12(14(16,17)18)10-11(13)2-1-5-19-6-8-20-9-7-19/h3-4,10H,1-2,5-9H2. The second kappa shape index (κ2) is 6.78. The van der Waals surface area contributed by atoms with Crippen LogP contribution >= 0.6 is 11.6 Å². The molecule has 1 aromatic rings. The molecule has 1 fully saturated rings. The van der Waals surface area contributed by atoms with E-state index in [0.29, 0.717) is 17.0 Å². The number of benzene rings is 1. The van der Waals surface area contributed by atoms with E-state index >= 15 is 0 Å². The molecule has 1 aliphatic heterocycles. The average Bonchev–Trinajstić information content (AvgIpc) is 2.41. The Bertz CT molecular complexity index is 445. The topological polar surface area (TPSA) is 12.5 Å². The molecule has 0 atom stereocenters. The smallest absolute Gasteiger partial charge is 0.379 e. The van der Waals surface area contributed by atoms with Crippen LogP contribution in [-0.4, -0.2) is 37.7 Å². The van der Waals surface area contributed by atoms with Crippen molar-refractivity contribution in [3.63, 3.8) is 0 Å². The van der Waals surface area contributed by atoms with Crippen molar-refractivity contribution in [2.24, 2.45) is 0 Å². The van der Waals surface area contributed by atoms with Gasteiger partial charge in [-0.15, -0.1) is 0 Å². The molecule has 0 aromatic heterocycles. The lowest BCUT2D eigenvalue weighted by atomic mass is 10.1. The summed E-state index contributed by atoms with van der Waals surface area (Å²) in [5.41, 5.74) is -0.0713. The van der Waals surface area contributed by atoms with Gasteiger partial charge in [-0.1, -0.05) is 11.6 Å². The maximum Gasteiger partial charge on any atom is 0.416 e. The highest BCUT2D eigenvalue weighted by Gasteiger charge is 2.30. The Hall–Kier alpha value is -0.780. The Morgan fingerprint density at radius 1 is 1.20 bits per heavy atom. The minimum atomic E-state index is -4.32. The fraction of sp³-hybridized carbons (Fsp3) is 0.571. The predicted octanol–water partition coefficient (Wildman–Crippen LogP) is 3.62. The monoisotopic (exact) mass is 307 g/mol. The largest absolute Gasteiger partial charge is 0.416 e. The van der Waals surface area contributed by atoms with Crippen molar-refractivity contribution in [3.8, 4) is 0 Å². The number of nitrogens with zero attached hydrogens (tertiary/aromatic N) is 1. The third-order valence-corrected chi connectivity index (χ3v) is 3.77. The molecule has 20 heavy (non-hydrogen) atoms. The minimum absolute atomic E-state index is 0.403. The van der Waals surface area contributed by atoms with E-state index < -0.39 is 11.7 Å². The van der Waals surface area contributed by atoms with Gasteiger partial charge in [0, 0.05) is 18.1 Å². The van der Waals surface area contributed by atoms with Crippen molar-refractivity contribution in [3.05, 3.63) is 34.3 Å². The van der Waals surface area contributed by atoms with E-state index in [-0.39, 0.29) is 0 Å². The van der Waals surface area contributed by atoms with E-state index in [4.69, 9.17) is 16.3 Å². The fourth-order valence-corrected chi connectivity index (χ4v) is 2.47. The zero-order valence-electron chi connectivity index (χ0n) is 11.0. The molecule has 0 bridgehead atoms. The second-order valence-corrected chi connectivity index (χ2v) is 5.27. The fourth-order valence-electron chi connectivity index (χ4n) is 2.26. The van der Waals surface area contributed by atoms with Crippen LogP contribution in [0.15, 0.2) is 18.2 Å². The number of morpholine rings is 1. The van der Waals surface area contributed by atoms with Crippen LogP contribution in [0, 0.1) is 0 Å². The molecular weight excluding hydrogens is 291 g/mol. The molecule has 0 amide bonds. The van der Waals surface area contributed by atoms with Gasteiger partial charge in [-0.25, -0.2) is 0 Å². The van der Waals surface area contributed by atoms with Crippen LogP contribution in [0.2, 0.25) is 5.02 Å². The Morgan fingerprint density at radius 2 is 1.90 bits per heavy atom. The van der Waals surface area contributed by atoms with Gasteiger partial charge in [0.1, 0.15) is 0 Å². The van der Waals surface area contributed by atoms with Crippen molar-refractivity contribution in [2.45, 2.75) is 19.0 Å². The third kappa shape index (κ3) is 4.36. The van der Waals surface area contributed by atoms with E-state index in [9.17, 15) is 13.2 Å². The summed E-state index contributed by atoms with van der Waals surface area (Å²) in [4.78, 5) is 2.25. The van der Waals surface area contributed by atoms with E-state index in [0.717, 1.165) is 51.4 Å². The van der Waals surface area contributed by atoms with Crippen LogP contribution in [0.25, 0.3) is 0 Å². The first kappa shape index (κ1) is 15.6. The number of ether oxygens (including phenoxy) is 1. The molecule has 2 rings (SSSR count). The molecule has 0 spiro atoms. The summed E-state index contributed by atoms with van der Waals surface area (Å²) >= 11 is 5.97. The van der Waals surface area contributed by atoms with Crippen molar-refractivity contribution in [1.29, 1.82) is 0 Å². The molecular formula is C14H17ClF3NO. The van der Waals surface area contributed by atoms with Gasteiger partial charge in [-0.2, -0.15) is 13.2 Å². The van der Waals surface area contributed by atoms with Crippen LogP contribution in [0.5, 0.6) is 0 Å². The average molecular weight is 308 g/mol. The molecule has 1 aliphatic rings. The molecule has 112 valence electrons. The van der Waals surface area contributed by atoms with Gasteiger partial charge in [0.15, 0.2) is 0 Å². The van der Waals surface area contributed by atoms with Gasteiger partial charge in [0.25, 0.3) is 0 Å². The molecule has 1 aromatic carbocycles. The van der Waals surface area contributed by atoms with Crippen LogP contribution < -0.4 is 0 Å². The quantitative estimate of drug-likeness (QED) is 0.842. The summed E-state index contributed by atoms with van der Waals surface area (Å²) in [6.07, 6.45) is -2.97. The Morgan fingerprint density at radius 3 is 2.55 bits per heavy atom. The molecule has 0 aliphatic carbocycles. The summed E-state index contributed by atoms with van der Waals surface area (Å²) in [6, 6.07) is 3.50. The predicted molar refractivity (Wildman–Crippen MR) is 72.0 cm³/mol. The van der Waals surface area contributed by atoms with Gasteiger partial charge >= 0.3 is 6.18 Å². The first-order valence-electron chi connectivity index (χ1n) is 6.62.